The summed E-state index contributed by atoms with van der Waals surface area (Å²) in [6.45, 7) is 2.81. The smallest absolute Gasteiger partial charge is 0.410 e. The first kappa shape index (κ1) is 15.1. The van der Waals surface area contributed by atoms with Gasteiger partial charge in [0.25, 0.3) is 5.56 Å². The fourth-order valence-corrected chi connectivity index (χ4v) is 3.54. The van der Waals surface area contributed by atoms with Crippen LogP contribution in [0.15, 0.2) is 11.0 Å². The maximum atomic E-state index is 12.1. The number of aryl methyl sites for hydroxylation is 1. The Morgan fingerprint density at radius 1 is 1.29 bits per heavy atom. The normalized spacial score (nSPS) is 20.9. The number of amides is 1. The highest BCUT2D eigenvalue weighted by Crippen LogP contribution is 2.32. The molecule has 0 aliphatic carbocycles. The molecule has 9 nitrogen and oxygen atoms in total. The van der Waals surface area contributed by atoms with Crippen molar-refractivity contribution in [3.8, 4) is 0 Å². The summed E-state index contributed by atoms with van der Waals surface area (Å²) in [6.07, 6.45) is 2.87. The number of nitrogens with one attached hydrogen (secondary N) is 1. The summed E-state index contributed by atoms with van der Waals surface area (Å²) in [7, 11) is 3.54. The van der Waals surface area contributed by atoms with Crippen LogP contribution in [-0.4, -0.2) is 67.9 Å². The number of carbonyl (C=O) groups is 1. The van der Waals surface area contributed by atoms with E-state index < -0.39 is 0 Å². The molecule has 128 valence electrons. The van der Waals surface area contributed by atoms with Gasteiger partial charge < -0.3 is 14.6 Å². The van der Waals surface area contributed by atoms with Crippen molar-refractivity contribution in [2.24, 2.45) is 7.05 Å². The van der Waals surface area contributed by atoms with E-state index in [0.717, 1.165) is 25.9 Å². The molecular weight excluding hydrogens is 312 g/mol. The Balaban J connectivity index is 1.47. The van der Waals surface area contributed by atoms with Gasteiger partial charge in [-0.05, 0) is 0 Å². The summed E-state index contributed by atoms with van der Waals surface area (Å²) >= 11 is 0. The number of hydrogen-bond acceptors (Lipinski definition) is 6. The average molecular weight is 332 g/mol. The van der Waals surface area contributed by atoms with E-state index in [1.807, 2.05) is 0 Å². The second-order valence-electron chi connectivity index (χ2n) is 6.70. The molecule has 2 aliphatic heterocycles. The quantitative estimate of drug-likeness (QED) is 0.836. The van der Waals surface area contributed by atoms with Gasteiger partial charge in [-0.3, -0.25) is 14.4 Å². The van der Waals surface area contributed by atoms with Crippen LogP contribution in [-0.2, 0) is 18.3 Å². The molecule has 0 atom stereocenters. The van der Waals surface area contributed by atoms with Crippen molar-refractivity contribution < 1.29 is 9.53 Å². The van der Waals surface area contributed by atoms with Crippen LogP contribution in [0, 0.1) is 0 Å². The van der Waals surface area contributed by atoms with Gasteiger partial charge in [-0.1, -0.05) is 0 Å². The molecule has 24 heavy (non-hydrogen) atoms. The molecule has 4 heterocycles. The van der Waals surface area contributed by atoms with Gasteiger partial charge in [0.15, 0.2) is 5.65 Å². The van der Waals surface area contributed by atoms with Crippen LogP contribution in [0.2, 0.25) is 0 Å². The Kier molecular flexibility index (Phi) is 3.34. The number of carbonyl (C=O) groups excluding carboxylic acids is 1. The molecule has 2 aromatic heterocycles. The fraction of sp³-hybridized carbons (Fsp3) is 0.600. The van der Waals surface area contributed by atoms with Gasteiger partial charge in [0.05, 0.1) is 19.3 Å². The number of nitrogens with zero attached hydrogens (tertiary/aromatic N) is 5. The van der Waals surface area contributed by atoms with Crippen molar-refractivity contribution in [1.29, 1.82) is 0 Å². The molecule has 9 heteroatoms. The molecule has 1 spiro atoms. The van der Waals surface area contributed by atoms with E-state index in [-0.39, 0.29) is 17.3 Å². The molecule has 2 saturated heterocycles. The Bertz CT molecular complexity index is 849. The lowest BCUT2D eigenvalue weighted by atomic mass is 9.91. The first-order valence-electron chi connectivity index (χ1n) is 8.03. The standard InChI is InChI=1S/C15H20N6O3/c1-19-9-15(24-14(19)23)3-5-21(6-4-15)8-11-17-12-10(13(22)18-11)7-16-20(12)2/h7H,3-6,8-9H2,1-2H3,(H,17,18,22). The Labute approximate surface area is 138 Å². The van der Waals surface area contributed by atoms with Crippen molar-refractivity contribution in [2.45, 2.75) is 25.0 Å². The lowest BCUT2D eigenvalue weighted by Crippen LogP contribution is -2.46. The van der Waals surface area contributed by atoms with Crippen molar-refractivity contribution >= 4 is 17.1 Å². The Morgan fingerprint density at radius 2 is 2.04 bits per heavy atom. The van der Waals surface area contributed by atoms with E-state index >= 15 is 0 Å². The van der Waals surface area contributed by atoms with E-state index in [1.54, 1.807) is 23.7 Å². The maximum absolute atomic E-state index is 12.1. The molecule has 2 aliphatic rings. The zero-order valence-corrected chi connectivity index (χ0v) is 13.8. The van der Waals surface area contributed by atoms with Gasteiger partial charge in [-0.25, -0.2) is 9.78 Å². The summed E-state index contributed by atoms with van der Waals surface area (Å²) in [4.78, 5) is 34.9. The van der Waals surface area contributed by atoms with Gasteiger partial charge >= 0.3 is 6.09 Å². The minimum absolute atomic E-state index is 0.164. The van der Waals surface area contributed by atoms with Crippen molar-refractivity contribution in [1.82, 2.24) is 29.5 Å². The van der Waals surface area contributed by atoms with Crippen LogP contribution >= 0.6 is 0 Å². The summed E-state index contributed by atoms with van der Waals surface area (Å²) in [5.74, 6) is 0.632. The van der Waals surface area contributed by atoms with Crippen LogP contribution in [0.25, 0.3) is 11.0 Å². The molecule has 2 aromatic rings. The van der Waals surface area contributed by atoms with Crippen molar-refractivity contribution in [2.75, 3.05) is 26.7 Å². The molecule has 2 fully saturated rings. The summed E-state index contributed by atoms with van der Waals surface area (Å²) in [5.41, 5.74) is 0.0753. The SMILES string of the molecule is CN1CC2(CCN(Cc3nc4c(cnn4C)c(=O)[nH]3)CC2)OC1=O. The number of aromatic nitrogens is 4. The highest BCUT2D eigenvalue weighted by atomic mass is 16.6. The number of ether oxygens (including phenoxy) is 1. The molecular formula is C15H20N6O3. The highest BCUT2D eigenvalue weighted by molar-refractivity contribution is 5.72. The third-order valence-corrected chi connectivity index (χ3v) is 4.93. The number of fused-ring (bicyclic) bond motifs is 1. The largest absolute Gasteiger partial charge is 0.441 e. The number of piperidine rings is 1. The van der Waals surface area contributed by atoms with E-state index in [1.165, 1.54) is 6.20 Å². The molecule has 0 bridgehead atoms. The molecule has 1 amide bonds. The van der Waals surface area contributed by atoms with Gasteiger partial charge in [0.1, 0.15) is 16.8 Å². The van der Waals surface area contributed by atoms with E-state index in [0.29, 0.717) is 29.9 Å². The van der Waals surface area contributed by atoms with E-state index in [4.69, 9.17) is 4.74 Å². The summed E-state index contributed by atoms with van der Waals surface area (Å²) in [5, 5.41) is 4.57. The Hall–Kier alpha value is -2.42. The van der Waals surface area contributed by atoms with Crippen LogP contribution in [0.4, 0.5) is 4.79 Å². The first-order chi connectivity index (χ1) is 11.5. The Morgan fingerprint density at radius 3 is 2.71 bits per heavy atom. The lowest BCUT2D eigenvalue weighted by molar-refractivity contribution is -0.00175. The highest BCUT2D eigenvalue weighted by Gasteiger charge is 2.45. The van der Waals surface area contributed by atoms with Gasteiger partial charge in [0.2, 0.25) is 0 Å². The van der Waals surface area contributed by atoms with Gasteiger partial charge in [-0.2, -0.15) is 5.10 Å². The molecule has 0 radical (unpaired) electrons. The zero-order valence-electron chi connectivity index (χ0n) is 13.8. The van der Waals surface area contributed by atoms with Crippen LogP contribution in [0.5, 0.6) is 0 Å². The van der Waals surface area contributed by atoms with E-state index in [2.05, 4.69) is 20.0 Å². The number of aromatic amines is 1. The van der Waals surface area contributed by atoms with E-state index in [9.17, 15) is 9.59 Å². The number of likely N-dealkylation sites (N-methyl/N-ethyl adjacent to an activating group) is 1. The second kappa shape index (κ2) is 5.30. The zero-order chi connectivity index (χ0) is 16.9. The molecule has 4 rings (SSSR count). The van der Waals surface area contributed by atoms with Crippen LogP contribution in [0.1, 0.15) is 18.7 Å². The van der Waals surface area contributed by atoms with Crippen molar-refractivity contribution in [3.63, 3.8) is 0 Å². The fourth-order valence-electron chi connectivity index (χ4n) is 3.54. The minimum Gasteiger partial charge on any atom is -0.441 e. The predicted octanol–water partition coefficient (Wildman–Crippen LogP) is 0.0732. The number of rotatable bonds is 2. The van der Waals surface area contributed by atoms with Gasteiger partial charge in [-0.15, -0.1) is 0 Å². The third kappa shape index (κ3) is 2.44. The number of likely N-dealkylation sites (tertiary alicyclic amines) is 1. The topological polar surface area (TPSA) is 96.4 Å². The molecule has 0 aromatic carbocycles. The monoisotopic (exact) mass is 332 g/mol. The summed E-state index contributed by atoms with van der Waals surface area (Å²) < 4.78 is 7.16. The summed E-state index contributed by atoms with van der Waals surface area (Å²) in [6, 6.07) is 0. The van der Waals surface area contributed by atoms with Crippen LogP contribution in [0.3, 0.4) is 0 Å². The third-order valence-electron chi connectivity index (χ3n) is 4.93. The van der Waals surface area contributed by atoms with Gasteiger partial charge in [0, 0.05) is 40.0 Å². The minimum atomic E-state index is -0.352. The number of H-pyrrole nitrogens is 1. The average Bonchev–Trinajstić information content (AvgIpc) is 3.04. The molecule has 0 saturated carbocycles. The van der Waals surface area contributed by atoms with Crippen molar-refractivity contribution in [3.05, 3.63) is 22.4 Å². The molecule has 1 N–H and O–H groups in total. The molecule has 0 unspecified atom stereocenters. The second-order valence-corrected chi connectivity index (χ2v) is 6.70. The predicted molar refractivity (Wildman–Crippen MR) is 85.5 cm³/mol. The lowest BCUT2D eigenvalue weighted by Gasteiger charge is -2.37. The number of hydrogen-bond donors (Lipinski definition) is 1. The maximum Gasteiger partial charge on any atom is 0.410 e. The first-order valence-corrected chi connectivity index (χ1v) is 8.03. The van der Waals surface area contributed by atoms with Crippen LogP contribution < -0.4 is 5.56 Å².